The van der Waals surface area contributed by atoms with Gasteiger partial charge in [-0.3, -0.25) is 9.59 Å². The van der Waals surface area contributed by atoms with E-state index in [-0.39, 0.29) is 6.61 Å². The first kappa shape index (κ1) is 12.3. The minimum atomic E-state index is -1.14. The largest absolute Gasteiger partial charge is 0.457 e. The van der Waals surface area contributed by atoms with E-state index in [0.717, 1.165) is 0 Å². The van der Waals surface area contributed by atoms with Crippen molar-refractivity contribution in [2.75, 3.05) is 6.61 Å². The van der Waals surface area contributed by atoms with Crippen LogP contribution in [0, 0.1) is 0 Å². The van der Waals surface area contributed by atoms with Crippen molar-refractivity contribution in [1.29, 1.82) is 0 Å². The molecule has 2 aliphatic rings. The fourth-order valence-corrected chi connectivity index (χ4v) is 2.01. The molecule has 0 unspecified atom stereocenters. The van der Waals surface area contributed by atoms with E-state index in [0.29, 0.717) is 0 Å². The van der Waals surface area contributed by atoms with Crippen LogP contribution in [0.4, 0.5) is 0 Å². The predicted molar refractivity (Wildman–Crippen MR) is 51.7 cm³/mol. The molecule has 0 aromatic carbocycles. The third-order valence-corrected chi connectivity index (χ3v) is 2.65. The minimum absolute atomic E-state index is 0.192. The molecule has 2 fully saturated rings. The van der Waals surface area contributed by atoms with Gasteiger partial charge >= 0.3 is 11.9 Å². The molecule has 2 heterocycles. The van der Waals surface area contributed by atoms with E-state index in [2.05, 4.69) is 0 Å². The molecule has 0 amide bonds. The first-order chi connectivity index (χ1) is 7.99. The predicted octanol–water partition coefficient (Wildman–Crippen LogP) is -1.03. The molecule has 0 spiro atoms. The Morgan fingerprint density at radius 2 is 1.76 bits per heavy atom. The SMILES string of the molecule is CC(=O)O[C@@H]1[C@H](O)[C@@H](OC(C)=O)[C@@H]2OC[C@H]1O2. The van der Waals surface area contributed by atoms with Crippen LogP contribution in [0.1, 0.15) is 13.8 Å². The second-order valence-corrected chi connectivity index (χ2v) is 4.01. The molecule has 0 aromatic heterocycles. The zero-order chi connectivity index (χ0) is 12.6. The molecule has 7 nitrogen and oxygen atoms in total. The lowest BCUT2D eigenvalue weighted by molar-refractivity contribution is -0.244. The van der Waals surface area contributed by atoms with Crippen molar-refractivity contribution >= 4 is 11.9 Å². The number of carbonyl (C=O) groups is 2. The highest BCUT2D eigenvalue weighted by atomic mass is 16.8. The van der Waals surface area contributed by atoms with Crippen LogP contribution >= 0.6 is 0 Å². The van der Waals surface area contributed by atoms with Gasteiger partial charge in [-0.15, -0.1) is 0 Å². The van der Waals surface area contributed by atoms with Crippen LogP contribution in [-0.2, 0) is 28.5 Å². The maximum Gasteiger partial charge on any atom is 0.303 e. The first-order valence-corrected chi connectivity index (χ1v) is 5.28. The summed E-state index contributed by atoms with van der Waals surface area (Å²) >= 11 is 0. The van der Waals surface area contributed by atoms with Gasteiger partial charge in [0.15, 0.2) is 18.5 Å². The number of hydrogen-bond acceptors (Lipinski definition) is 7. The molecular formula is C10H14O7. The molecule has 5 atom stereocenters. The Morgan fingerprint density at radius 3 is 2.35 bits per heavy atom. The molecule has 2 aliphatic heterocycles. The van der Waals surface area contributed by atoms with Crippen LogP contribution in [0.15, 0.2) is 0 Å². The second kappa shape index (κ2) is 4.59. The van der Waals surface area contributed by atoms with Crippen molar-refractivity contribution in [2.24, 2.45) is 0 Å². The summed E-state index contributed by atoms with van der Waals surface area (Å²) in [5.41, 5.74) is 0. The minimum Gasteiger partial charge on any atom is -0.457 e. The number of esters is 2. The normalized spacial score (nSPS) is 39.8. The summed E-state index contributed by atoms with van der Waals surface area (Å²) in [6.45, 7) is 2.64. The Balaban J connectivity index is 2.12. The average Bonchev–Trinajstić information content (AvgIpc) is 2.65. The topological polar surface area (TPSA) is 91.3 Å². The number of aliphatic hydroxyl groups excluding tert-OH is 1. The van der Waals surface area contributed by atoms with Crippen LogP contribution in [-0.4, -0.2) is 54.4 Å². The van der Waals surface area contributed by atoms with Gasteiger partial charge in [0, 0.05) is 13.8 Å². The lowest BCUT2D eigenvalue weighted by Crippen LogP contribution is -2.56. The van der Waals surface area contributed by atoms with E-state index >= 15 is 0 Å². The van der Waals surface area contributed by atoms with Gasteiger partial charge in [-0.1, -0.05) is 0 Å². The average molecular weight is 246 g/mol. The fraction of sp³-hybridized carbons (Fsp3) is 0.800. The second-order valence-electron chi connectivity index (χ2n) is 4.01. The summed E-state index contributed by atoms with van der Waals surface area (Å²) in [6.07, 6.45) is -4.32. The van der Waals surface area contributed by atoms with Crippen LogP contribution in [0.2, 0.25) is 0 Å². The molecule has 17 heavy (non-hydrogen) atoms. The third-order valence-electron chi connectivity index (χ3n) is 2.65. The molecule has 2 saturated heterocycles. The summed E-state index contributed by atoms with van der Waals surface area (Å²) in [6, 6.07) is 0. The van der Waals surface area contributed by atoms with E-state index < -0.39 is 42.6 Å². The van der Waals surface area contributed by atoms with E-state index in [4.69, 9.17) is 18.9 Å². The Bertz CT molecular complexity index is 299. The summed E-state index contributed by atoms with van der Waals surface area (Å²) in [5.74, 6) is -1.10. The van der Waals surface area contributed by atoms with Crippen molar-refractivity contribution in [3.05, 3.63) is 0 Å². The maximum atomic E-state index is 10.9. The molecule has 0 saturated carbocycles. The Labute approximate surface area is 97.6 Å². The van der Waals surface area contributed by atoms with Gasteiger partial charge in [0.05, 0.1) is 6.61 Å². The van der Waals surface area contributed by atoms with Crippen LogP contribution in [0.3, 0.4) is 0 Å². The number of ether oxygens (including phenoxy) is 4. The molecule has 0 aromatic rings. The van der Waals surface area contributed by atoms with Crippen LogP contribution < -0.4 is 0 Å². The van der Waals surface area contributed by atoms with Crippen LogP contribution in [0.5, 0.6) is 0 Å². The van der Waals surface area contributed by atoms with Gasteiger partial charge in [-0.2, -0.15) is 0 Å². The van der Waals surface area contributed by atoms with E-state index in [1.165, 1.54) is 13.8 Å². The van der Waals surface area contributed by atoms with Gasteiger partial charge in [0.25, 0.3) is 0 Å². The van der Waals surface area contributed by atoms with Gasteiger partial charge in [-0.25, -0.2) is 0 Å². The molecule has 2 rings (SSSR count). The third kappa shape index (κ3) is 2.41. The zero-order valence-electron chi connectivity index (χ0n) is 9.49. The standard InChI is InChI=1S/C10H14O7/c1-4(11)15-8-6-3-14-10(17-6)9(7(8)13)16-5(2)12/h6-10,13H,3H2,1-2H3/t6-,7+,8+,9-,10-/m1/s1. The summed E-state index contributed by atoms with van der Waals surface area (Å²) in [5, 5.41) is 9.99. The lowest BCUT2D eigenvalue weighted by atomic mass is 10.0. The Hall–Kier alpha value is -1.18. The highest BCUT2D eigenvalue weighted by Gasteiger charge is 2.53. The number of aliphatic hydroxyl groups is 1. The summed E-state index contributed by atoms with van der Waals surface area (Å²) in [4.78, 5) is 21.8. The Kier molecular flexibility index (Phi) is 3.32. The molecular weight excluding hydrogens is 232 g/mol. The Morgan fingerprint density at radius 1 is 1.18 bits per heavy atom. The molecule has 0 radical (unpaired) electrons. The van der Waals surface area contributed by atoms with Crippen molar-refractivity contribution in [1.82, 2.24) is 0 Å². The van der Waals surface area contributed by atoms with Crippen molar-refractivity contribution in [3.8, 4) is 0 Å². The number of hydrogen-bond donors (Lipinski definition) is 1. The van der Waals surface area contributed by atoms with E-state index in [1.807, 2.05) is 0 Å². The van der Waals surface area contributed by atoms with Gasteiger partial charge in [0.1, 0.15) is 12.2 Å². The molecule has 1 N–H and O–H groups in total. The lowest BCUT2D eigenvalue weighted by Gasteiger charge is -2.36. The van der Waals surface area contributed by atoms with Crippen molar-refractivity contribution in [3.63, 3.8) is 0 Å². The van der Waals surface area contributed by atoms with Crippen molar-refractivity contribution < 1.29 is 33.6 Å². The molecule has 0 aliphatic carbocycles. The number of rotatable bonds is 2. The molecule has 96 valence electrons. The molecule has 2 bridgehead atoms. The highest BCUT2D eigenvalue weighted by molar-refractivity contribution is 5.67. The van der Waals surface area contributed by atoms with Gasteiger partial charge in [-0.05, 0) is 0 Å². The van der Waals surface area contributed by atoms with E-state index in [1.54, 1.807) is 0 Å². The summed E-state index contributed by atoms with van der Waals surface area (Å²) < 4.78 is 20.5. The van der Waals surface area contributed by atoms with Crippen molar-refractivity contribution in [2.45, 2.75) is 44.6 Å². The quantitative estimate of drug-likeness (QED) is 0.622. The van der Waals surface area contributed by atoms with Crippen LogP contribution in [0.25, 0.3) is 0 Å². The van der Waals surface area contributed by atoms with Gasteiger partial charge < -0.3 is 24.1 Å². The monoisotopic (exact) mass is 246 g/mol. The van der Waals surface area contributed by atoms with E-state index in [9.17, 15) is 14.7 Å². The highest BCUT2D eigenvalue weighted by Crippen LogP contribution is 2.31. The molecule has 7 heteroatoms. The number of fused-ring (bicyclic) bond motifs is 2. The maximum absolute atomic E-state index is 10.9. The first-order valence-electron chi connectivity index (χ1n) is 5.28. The van der Waals surface area contributed by atoms with Gasteiger partial charge in [0.2, 0.25) is 0 Å². The zero-order valence-corrected chi connectivity index (χ0v) is 9.49. The smallest absolute Gasteiger partial charge is 0.303 e. The number of carbonyl (C=O) groups excluding carboxylic acids is 2. The summed E-state index contributed by atoms with van der Waals surface area (Å²) in [7, 11) is 0. The fourth-order valence-electron chi connectivity index (χ4n) is 2.01.